The molecule has 2 rings (SSSR count). The fourth-order valence-electron chi connectivity index (χ4n) is 2.03. The maximum Gasteiger partial charge on any atom is 0.219 e. The summed E-state index contributed by atoms with van der Waals surface area (Å²) in [5, 5.41) is 3.37. The van der Waals surface area contributed by atoms with Crippen molar-refractivity contribution < 1.29 is 4.74 Å². The Morgan fingerprint density at radius 1 is 1.05 bits per heavy atom. The van der Waals surface area contributed by atoms with Gasteiger partial charge in [-0.15, -0.1) is 0 Å². The summed E-state index contributed by atoms with van der Waals surface area (Å²) in [7, 11) is 0. The van der Waals surface area contributed by atoms with Gasteiger partial charge in [0, 0.05) is 24.8 Å². The molecule has 0 spiro atoms. The van der Waals surface area contributed by atoms with Crippen LogP contribution in [0.5, 0.6) is 11.6 Å². The van der Waals surface area contributed by atoms with E-state index in [1.54, 1.807) is 0 Å². The van der Waals surface area contributed by atoms with E-state index < -0.39 is 0 Å². The Hall–Kier alpha value is -1.87. The molecule has 0 aliphatic rings. The van der Waals surface area contributed by atoms with Crippen LogP contribution in [-0.2, 0) is 13.0 Å². The number of nitrogens with zero attached hydrogens (tertiary/aromatic N) is 1. The second kappa shape index (κ2) is 7.79. The van der Waals surface area contributed by atoms with Gasteiger partial charge in [-0.3, -0.25) is 0 Å². The fraction of sp³-hybridized carbons (Fsp3) is 0.389. The average Bonchev–Trinajstić information content (AvgIpc) is 2.49. The minimum Gasteiger partial charge on any atom is -0.439 e. The molecule has 112 valence electrons. The van der Waals surface area contributed by atoms with Crippen molar-refractivity contribution >= 4 is 0 Å². The Bertz CT molecular complexity index is 532. The molecule has 0 aliphatic heterocycles. The molecule has 1 heterocycles. The minimum atomic E-state index is 0.475. The first-order valence-electron chi connectivity index (χ1n) is 7.62. The molecule has 1 N–H and O–H groups in total. The van der Waals surface area contributed by atoms with Crippen molar-refractivity contribution in [2.45, 2.75) is 46.2 Å². The molecular formula is C18H24N2O. The van der Waals surface area contributed by atoms with Crippen LogP contribution < -0.4 is 10.1 Å². The van der Waals surface area contributed by atoms with E-state index in [4.69, 9.17) is 4.74 Å². The number of aryl methyl sites for hydroxylation is 1. The third-order valence-corrected chi connectivity index (χ3v) is 3.20. The molecule has 0 atom stereocenters. The van der Waals surface area contributed by atoms with Gasteiger partial charge < -0.3 is 10.1 Å². The monoisotopic (exact) mass is 284 g/mol. The van der Waals surface area contributed by atoms with Gasteiger partial charge in [0.2, 0.25) is 5.88 Å². The molecule has 3 heteroatoms. The van der Waals surface area contributed by atoms with Gasteiger partial charge in [0.15, 0.2) is 0 Å². The molecule has 0 bridgehead atoms. The summed E-state index contributed by atoms with van der Waals surface area (Å²) >= 11 is 0. The van der Waals surface area contributed by atoms with Crippen LogP contribution in [0.25, 0.3) is 0 Å². The molecule has 2 aromatic rings. The van der Waals surface area contributed by atoms with Crippen LogP contribution in [0.3, 0.4) is 0 Å². The lowest BCUT2D eigenvalue weighted by molar-refractivity contribution is 0.462. The maximum absolute atomic E-state index is 5.76. The Balaban J connectivity index is 1.93. The van der Waals surface area contributed by atoms with Gasteiger partial charge in [0.1, 0.15) is 5.75 Å². The number of hydrogen-bond acceptors (Lipinski definition) is 3. The molecule has 0 radical (unpaired) electrons. The van der Waals surface area contributed by atoms with Crippen molar-refractivity contribution in [2.24, 2.45) is 0 Å². The second-order valence-electron chi connectivity index (χ2n) is 5.54. The first-order chi connectivity index (χ1) is 10.2. The van der Waals surface area contributed by atoms with Gasteiger partial charge in [-0.2, -0.15) is 0 Å². The average molecular weight is 284 g/mol. The molecule has 21 heavy (non-hydrogen) atoms. The SMILES string of the molecule is CCCc1ccc(Oc2ccc(CNC(C)C)cn2)cc1. The lowest BCUT2D eigenvalue weighted by Crippen LogP contribution is -2.21. The summed E-state index contributed by atoms with van der Waals surface area (Å²) in [6.45, 7) is 7.28. The zero-order chi connectivity index (χ0) is 15.1. The highest BCUT2D eigenvalue weighted by Gasteiger charge is 2.01. The van der Waals surface area contributed by atoms with Crippen molar-refractivity contribution in [3.8, 4) is 11.6 Å². The minimum absolute atomic E-state index is 0.475. The molecule has 0 fully saturated rings. The van der Waals surface area contributed by atoms with Crippen LogP contribution in [0.2, 0.25) is 0 Å². The number of hydrogen-bond donors (Lipinski definition) is 1. The highest BCUT2D eigenvalue weighted by Crippen LogP contribution is 2.20. The first kappa shape index (κ1) is 15.5. The van der Waals surface area contributed by atoms with Crippen LogP contribution in [0.1, 0.15) is 38.3 Å². The van der Waals surface area contributed by atoms with E-state index >= 15 is 0 Å². The van der Waals surface area contributed by atoms with E-state index in [0.717, 1.165) is 30.7 Å². The number of ether oxygens (including phenoxy) is 1. The van der Waals surface area contributed by atoms with Gasteiger partial charge in [0.05, 0.1) is 0 Å². The van der Waals surface area contributed by atoms with E-state index in [0.29, 0.717) is 11.9 Å². The lowest BCUT2D eigenvalue weighted by Gasteiger charge is -2.09. The smallest absolute Gasteiger partial charge is 0.219 e. The molecular weight excluding hydrogens is 260 g/mol. The van der Waals surface area contributed by atoms with Gasteiger partial charge in [0.25, 0.3) is 0 Å². The van der Waals surface area contributed by atoms with Crippen molar-refractivity contribution in [2.75, 3.05) is 0 Å². The molecule has 1 aromatic carbocycles. The molecule has 0 amide bonds. The topological polar surface area (TPSA) is 34.1 Å². The third kappa shape index (κ3) is 5.20. The number of aromatic nitrogens is 1. The van der Waals surface area contributed by atoms with Crippen LogP contribution in [0.15, 0.2) is 42.6 Å². The van der Waals surface area contributed by atoms with Crippen LogP contribution in [0.4, 0.5) is 0 Å². The summed E-state index contributed by atoms with van der Waals surface area (Å²) in [6.07, 6.45) is 4.12. The van der Waals surface area contributed by atoms with Crippen LogP contribution in [-0.4, -0.2) is 11.0 Å². The van der Waals surface area contributed by atoms with Gasteiger partial charge in [-0.05, 0) is 29.7 Å². The zero-order valence-corrected chi connectivity index (χ0v) is 13.1. The maximum atomic E-state index is 5.76. The summed E-state index contributed by atoms with van der Waals surface area (Å²) in [5.41, 5.74) is 2.50. The summed E-state index contributed by atoms with van der Waals surface area (Å²) in [6, 6.07) is 12.7. The highest BCUT2D eigenvalue weighted by molar-refractivity contribution is 5.31. The van der Waals surface area contributed by atoms with E-state index in [-0.39, 0.29) is 0 Å². The van der Waals surface area contributed by atoms with Gasteiger partial charge >= 0.3 is 0 Å². The lowest BCUT2D eigenvalue weighted by atomic mass is 10.1. The van der Waals surface area contributed by atoms with Gasteiger partial charge in [-0.25, -0.2) is 4.98 Å². The summed E-state index contributed by atoms with van der Waals surface area (Å²) < 4.78 is 5.76. The molecule has 0 saturated carbocycles. The van der Waals surface area contributed by atoms with E-state index in [9.17, 15) is 0 Å². The Morgan fingerprint density at radius 3 is 2.33 bits per heavy atom. The van der Waals surface area contributed by atoms with Gasteiger partial charge in [-0.1, -0.05) is 45.4 Å². The number of pyridine rings is 1. The van der Waals surface area contributed by atoms with E-state index in [1.807, 2.05) is 30.5 Å². The van der Waals surface area contributed by atoms with Crippen molar-refractivity contribution in [3.05, 3.63) is 53.7 Å². The normalized spacial score (nSPS) is 10.9. The van der Waals surface area contributed by atoms with Crippen molar-refractivity contribution in [1.82, 2.24) is 10.3 Å². The number of benzene rings is 1. The predicted octanol–water partition coefficient (Wildman–Crippen LogP) is 4.32. The molecule has 3 nitrogen and oxygen atoms in total. The Labute approximate surface area is 127 Å². The second-order valence-corrected chi connectivity index (χ2v) is 5.54. The highest BCUT2D eigenvalue weighted by atomic mass is 16.5. The van der Waals surface area contributed by atoms with Crippen molar-refractivity contribution in [3.63, 3.8) is 0 Å². The van der Waals surface area contributed by atoms with Crippen LogP contribution in [0, 0.1) is 0 Å². The largest absolute Gasteiger partial charge is 0.439 e. The quantitative estimate of drug-likeness (QED) is 0.822. The van der Waals surface area contributed by atoms with Crippen LogP contribution >= 0.6 is 0 Å². The fourth-order valence-corrected chi connectivity index (χ4v) is 2.03. The standard InChI is InChI=1S/C18H24N2O/c1-4-5-15-6-9-17(10-7-15)21-18-11-8-16(13-20-18)12-19-14(2)3/h6-11,13-14,19H,4-5,12H2,1-3H3. The van der Waals surface area contributed by atoms with Crippen molar-refractivity contribution in [1.29, 1.82) is 0 Å². The number of nitrogens with one attached hydrogen (secondary N) is 1. The zero-order valence-electron chi connectivity index (χ0n) is 13.1. The molecule has 0 unspecified atom stereocenters. The third-order valence-electron chi connectivity index (χ3n) is 3.20. The first-order valence-corrected chi connectivity index (χ1v) is 7.62. The number of rotatable bonds is 7. The Kier molecular flexibility index (Phi) is 5.76. The summed E-state index contributed by atoms with van der Waals surface area (Å²) in [4.78, 5) is 4.35. The summed E-state index contributed by atoms with van der Waals surface area (Å²) in [5.74, 6) is 1.46. The van der Waals surface area contributed by atoms with E-state index in [1.165, 1.54) is 5.56 Å². The molecule has 0 aliphatic carbocycles. The molecule has 1 aromatic heterocycles. The van der Waals surface area contributed by atoms with E-state index in [2.05, 4.69) is 43.2 Å². The predicted molar refractivity (Wildman–Crippen MR) is 86.7 cm³/mol. The Morgan fingerprint density at radius 2 is 1.76 bits per heavy atom. The molecule has 0 saturated heterocycles.